The summed E-state index contributed by atoms with van der Waals surface area (Å²) in [5.41, 5.74) is 0. The lowest BCUT2D eigenvalue weighted by Gasteiger charge is -2.29. The average Bonchev–Trinajstić information content (AvgIpc) is 2.41. The van der Waals surface area contributed by atoms with Crippen LogP contribution in [0.15, 0.2) is 60.7 Å². The smallest absolute Gasteiger partial charge is 0.179 e. The molecule has 0 aromatic heterocycles. The van der Waals surface area contributed by atoms with Gasteiger partial charge in [0.1, 0.15) is 0 Å². The first kappa shape index (κ1) is 12.3. The molecular formula is C14H19NSi2. The minimum absolute atomic E-state index is 0.166. The molecule has 17 heavy (non-hydrogen) atoms. The number of benzene rings is 2. The number of rotatable bonds is 4. The van der Waals surface area contributed by atoms with Gasteiger partial charge in [0.05, 0.1) is 9.68 Å². The van der Waals surface area contributed by atoms with Crippen molar-refractivity contribution in [3.8, 4) is 0 Å². The fourth-order valence-electron chi connectivity index (χ4n) is 2.27. The molecule has 0 saturated carbocycles. The first-order chi connectivity index (χ1) is 8.27. The summed E-state index contributed by atoms with van der Waals surface area (Å²) in [7, 11) is -1.86. The molecule has 1 N–H and O–H groups in total. The third-order valence-electron chi connectivity index (χ3n) is 3.23. The molecule has 0 fully saturated rings. The van der Waals surface area contributed by atoms with Gasteiger partial charge >= 0.3 is 0 Å². The maximum absolute atomic E-state index is 3.87. The standard InChI is InChI=1S/C14H19NSi2/c1-16-15-17(2,13-9-5-3-6-10-13)14-11-7-4-8-12-14/h3-12,15H,16H2,1-2H3. The summed E-state index contributed by atoms with van der Waals surface area (Å²) < 4.78 is 3.87. The van der Waals surface area contributed by atoms with Crippen molar-refractivity contribution < 1.29 is 0 Å². The van der Waals surface area contributed by atoms with E-state index in [-0.39, 0.29) is 9.68 Å². The van der Waals surface area contributed by atoms with Crippen molar-refractivity contribution in [2.75, 3.05) is 0 Å². The van der Waals surface area contributed by atoms with Crippen molar-refractivity contribution >= 4 is 28.3 Å². The second kappa shape index (κ2) is 5.44. The Morgan fingerprint density at radius 1 is 0.824 bits per heavy atom. The number of hydrogen-bond donors (Lipinski definition) is 1. The van der Waals surface area contributed by atoms with Gasteiger partial charge in [-0.3, -0.25) is 0 Å². The van der Waals surface area contributed by atoms with Gasteiger partial charge in [-0.2, -0.15) is 0 Å². The molecule has 0 heterocycles. The molecule has 0 radical (unpaired) electrons. The van der Waals surface area contributed by atoms with E-state index in [0.717, 1.165) is 0 Å². The van der Waals surface area contributed by atoms with E-state index in [1.165, 1.54) is 10.4 Å². The lowest BCUT2D eigenvalue weighted by Crippen LogP contribution is -2.67. The van der Waals surface area contributed by atoms with Crippen molar-refractivity contribution in [1.29, 1.82) is 0 Å². The van der Waals surface area contributed by atoms with Crippen LogP contribution in [0.3, 0.4) is 0 Å². The molecular weight excluding hydrogens is 238 g/mol. The van der Waals surface area contributed by atoms with Crippen LogP contribution in [0, 0.1) is 0 Å². The van der Waals surface area contributed by atoms with Gasteiger partial charge in [0, 0.05) is 0 Å². The molecule has 2 rings (SSSR count). The summed E-state index contributed by atoms with van der Waals surface area (Å²) in [6.07, 6.45) is 0. The van der Waals surface area contributed by atoms with E-state index in [0.29, 0.717) is 0 Å². The summed E-state index contributed by atoms with van der Waals surface area (Å²) in [5.74, 6) is 0. The second-order valence-corrected chi connectivity index (χ2v) is 9.91. The van der Waals surface area contributed by atoms with Gasteiger partial charge < -0.3 is 4.65 Å². The minimum Gasteiger partial charge on any atom is -0.357 e. The van der Waals surface area contributed by atoms with Crippen LogP contribution in [0.2, 0.25) is 13.1 Å². The van der Waals surface area contributed by atoms with Crippen LogP contribution in [0.5, 0.6) is 0 Å². The fraction of sp³-hybridized carbons (Fsp3) is 0.143. The van der Waals surface area contributed by atoms with Gasteiger partial charge in [0.15, 0.2) is 8.24 Å². The van der Waals surface area contributed by atoms with Gasteiger partial charge in [-0.1, -0.05) is 67.2 Å². The van der Waals surface area contributed by atoms with Gasteiger partial charge in [-0.25, -0.2) is 0 Å². The van der Waals surface area contributed by atoms with Crippen LogP contribution >= 0.6 is 0 Å². The van der Waals surface area contributed by atoms with Crippen molar-refractivity contribution in [3.63, 3.8) is 0 Å². The molecule has 2 aromatic rings. The zero-order valence-corrected chi connectivity index (χ0v) is 12.9. The molecule has 0 atom stereocenters. The molecule has 0 aliphatic carbocycles. The Morgan fingerprint density at radius 2 is 1.24 bits per heavy atom. The van der Waals surface area contributed by atoms with Crippen molar-refractivity contribution in [1.82, 2.24) is 4.65 Å². The largest absolute Gasteiger partial charge is 0.357 e. The van der Waals surface area contributed by atoms with Crippen molar-refractivity contribution in [2.45, 2.75) is 13.1 Å². The van der Waals surface area contributed by atoms with Gasteiger partial charge in [0.25, 0.3) is 0 Å². The summed E-state index contributed by atoms with van der Waals surface area (Å²) in [6.45, 7) is 4.73. The highest BCUT2D eigenvalue weighted by molar-refractivity contribution is 7.02. The van der Waals surface area contributed by atoms with E-state index in [4.69, 9.17) is 0 Å². The van der Waals surface area contributed by atoms with Crippen molar-refractivity contribution in [3.05, 3.63) is 60.7 Å². The topological polar surface area (TPSA) is 12.0 Å². The molecule has 2 aromatic carbocycles. The molecule has 88 valence electrons. The summed E-state index contributed by atoms with van der Waals surface area (Å²) in [6, 6.07) is 21.8. The number of hydrogen-bond acceptors (Lipinski definition) is 1. The SMILES string of the molecule is C[SiH2]N[Si](C)(c1ccccc1)c1ccccc1. The van der Waals surface area contributed by atoms with Gasteiger partial charge in [-0.05, 0) is 16.9 Å². The van der Waals surface area contributed by atoms with E-state index in [1.54, 1.807) is 0 Å². The molecule has 0 saturated heterocycles. The van der Waals surface area contributed by atoms with Crippen molar-refractivity contribution in [2.24, 2.45) is 0 Å². The second-order valence-electron chi connectivity index (χ2n) is 4.39. The molecule has 0 spiro atoms. The van der Waals surface area contributed by atoms with E-state index in [1.807, 2.05) is 0 Å². The van der Waals surface area contributed by atoms with Gasteiger partial charge in [0.2, 0.25) is 0 Å². The third kappa shape index (κ3) is 2.57. The van der Waals surface area contributed by atoms with Crippen LogP contribution < -0.4 is 15.0 Å². The summed E-state index contributed by atoms with van der Waals surface area (Å²) in [5, 5.41) is 2.95. The van der Waals surface area contributed by atoms with E-state index >= 15 is 0 Å². The predicted octanol–water partition coefficient (Wildman–Crippen LogP) is 1.10. The maximum atomic E-state index is 3.87. The Kier molecular flexibility index (Phi) is 3.94. The van der Waals surface area contributed by atoms with Crippen LogP contribution in [0.4, 0.5) is 0 Å². The normalized spacial score (nSPS) is 12.1. The third-order valence-corrected chi connectivity index (χ3v) is 10.5. The Hall–Kier alpha value is -1.17. The molecule has 0 aliphatic rings. The molecule has 0 aliphatic heterocycles. The lowest BCUT2D eigenvalue weighted by molar-refractivity contribution is 1.45. The zero-order valence-electron chi connectivity index (χ0n) is 10.5. The Balaban J connectivity index is 2.47. The van der Waals surface area contributed by atoms with E-state index in [2.05, 4.69) is 78.4 Å². The minimum atomic E-state index is -1.69. The van der Waals surface area contributed by atoms with Gasteiger partial charge in [-0.15, -0.1) is 0 Å². The van der Waals surface area contributed by atoms with E-state index < -0.39 is 8.24 Å². The van der Waals surface area contributed by atoms with Crippen LogP contribution in [-0.2, 0) is 0 Å². The lowest BCUT2D eigenvalue weighted by atomic mass is 10.4. The Morgan fingerprint density at radius 3 is 1.59 bits per heavy atom. The van der Waals surface area contributed by atoms with Crippen LogP contribution in [0.25, 0.3) is 0 Å². The fourth-order valence-corrected chi connectivity index (χ4v) is 8.78. The zero-order chi connectivity index (χ0) is 12.1. The average molecular weight is 257 g/mol. The summed E-state index contributed by atoms with van der Waals surface area (Å²) in [4.78, 5) is 0. The van der Waals surface area contributed by atoms with Crippen LogP contribution in [-0.4, -0.2) is 17.9 Å². The Bertz CT molecular complexity index is 417. The molecule has 1 nitrogen and oxygen atoms in total. The monoisotopic (exact) mass is 257 g/mol. The highest BCUT2D eigenvalue weighted by Gasteiger charge is 2.30. The molecule has 0 unspecified atom stereocenters. The number of nitrogens with one attached hydrogen (secondary N) is 1. The maximum Gasteiger partial charge on any atom is 0.179 e. The molecule has 0 amide bonds. The highest BCUT2D eigenvalue weighted by atomic mass is 28.4. The predicted molar refractivity (Wildman–Crippen MR) is 81.3 cm³/mol. The highest BCUT2D eigenvalue weighted by Crippen LogP contribution is 2.01. The Labute approximate surface area is 107 Å². The van der Waals surface area contributed by atoms with Crippen LogP contribution in [0.1, 0.15) is 0 Å². The molecule has 0 bridgehead atoms. The first-order valence-corrected chi connectivity index (χ1v) is 10.8. The van der Waals surface area contributed by atoms with E-state index in [9.17, 15) is 0 Å². The quantitative estimate of drug-likeness (QED) is 0.809. The summed E-state index contributed by atoms with van der Waals surface area (Å²) >= 11 is 0. The molecule has 3 heteroatoms. The first-order valence-electron chi connectivity index (χ1n) is 6.13.